The SMILES string of the molecule is B.N.[AlH3].[InH3]. The van der Waals surface area contributed by atoms with Crippen LogP contribution in [-0.2, 0) is 0 Å². The summed E-state index contributed by atoms with van der Waals surface area (Å²) in [6.45, 7) is 0. The van der Waals surface area contributed by atoms with E-state index in [2.05, 4.69) is 0 Å². The molecular weight excluding hydrogens is 167 g/mol. The molecule has 0 saturated heterocycles. The summed E-state index contributed by atoms with van der Waals surface area (Å²) in [5.41, 5.74) is 0. The molecule has 0 spiro atoms. The van der Waals surface area contributed by atoms with E-state index in [-0.39, 0.29) is 57.8 Å². The molecule has 0 radical (unpaired) electrons. The normalized spacial score (nSPS) is 0. The molecule has 0 amide bonds. The van der Waals surface area contributed by atoms with Gasteiger partial charge in [0.1, 0.15) is 0 Å². The Balaban J connectivity index is 0. The Bertz CT molecular complexity index is 8.00. The summed E-state index contributed by atoms with van der Waals surface area (Å²) in [6, 6.07) is 0. The predicted octanol–water partition coefficient (Wildman–Crippen LogP) is -3.39. The predicted molar refractivity (Wildman–Crippen MR) is 34.8 cm³/mol. The standard InChI is InChI=1S/Al.BH3.In.H3N.6H/h;1H3;;1H3;;;;;;. The van der Waals surface area contributed by atoms with Gasteiger partial charge in [-0.05, 0) is 0 Å². The summed E-state index contributed by atoms with van der Waals surface area (Å²) in [5, 5.41) is 0. The maximum atomic E-state index is 0. The Labute approximate surface area is 57.6 Å². The van der Waals surface area contributed by atoms with Crippen molar-refractivity contribution in [2.45, 2.75) is 0 Å². The van der Waals surface area contributed by atoms with E-state index >= 15 is 0 Å². The van der Waals surface area contributed by atoms with Gasteiger partial charge in [0.2, 0.25) is 0 Å². The van der Waals surface area contributed by atoms with Crippen LogP contribution < -0.4 is 6.15 Å². The van der Waals surface area contributed by atoms with Gasteiger partial charge in [0.05, 0.1) is 8.41 Å². The molecule has 0 aliphatic carbocycles. The first-order chi connectivity index (χ1) is 0. The monoisotopic (exact) mass is 179 g/mol. The Morgan fingerprint density at radius 2 is 1.00 bits per heavy atom. The van der Waals surface area contributed by atoms with Crippen LogP contribution in [0.1, 0.15) is 0 Å². The molecular formula is H12AlBInN. The quantitative estimate of drug-likeness (QED) is 0.386. The zero-order chi connectivity index (χ0) is 0. The average Bonchev–Trinajstić information content (AvgIpc) is 0. The molecule has 1 nitrogen and oxygen atoms in total. The Morgan fingerprint density at radius 1 is 1.00 bits per heavy atom. The molecule has 0 aromatic rings. The molecule has 0 bridgehead atoms. The third kappa shape index (κ3) is 9.91. The molecule has 4 heavy (non-hydrogen) atoms. The first-order valence-electron chi connectivity index (χ1n) is 0. The zero-order valence-corrected chi connectivity index (χ0v) is 0.707. The van der Waals surface area contributed by atoms with Crippen LogP contribution in [0.5, 0.6) is 0 Å². The summed E-state index contributed by atoms with van der Waals surface area (Å²) >= 11 is 0. The molecule has 0 heterocycles. The van der Waals surface area contributed by atoms with E-state index < -0.39 is 0 Å². The summed E-state index contributed by atoms with van der Waals surface area (Å²) in [6.07, 6.45) is 0. The van der Waals surface area contributed by atoms with Gasteiger partial charge in [-0.2, -0.15) is 0 Å². The van der Waals surface area contributed by atoms with E-state index in [9.17, 15) is 0 Å². The van der Waals surface area contributed by atoms with Crippen LogP contribution in [0.3, 0.4) is 0 Å². The van der Waals surface area contributed by atoms with Crippen LogP contribution >= 0.6 is 0 Å². The fourth-order valence-electron chi connectivity index (χ4n) is 0. The molecule has 0 aromatic heterocycles. The molecule has 0 aliphatic rings. The van der Waals surface area contributed by atoms with Crippen molar-refractivity contribution in [2.75, 3.05) is 0 Å². The first kappa shape index (κ1) is 52.2. The third-order valence-corrected chi connectivity index (χ3v) is 0. The second-order valence-electron chi connectivity index (χ2n) is 0. The van der Waals surface area contributed by atoms with Crippen molar-refractivity contribution in [3.63, 3.8) is 0 Å². The molecule has 0 atom stereocenters. The molecule has 0 aromatic carbocycles. The van der Waals surface area contributed by atoms with Gasteiger partial charge in [0, 0.05) is 0 Å². The molecule has 0 unspecified atom stereocenters. The van der Waals surface area contributed by atoms with Crippen molar-refractivity contribution < 1.29 is 0 Å². The molecule has 0 aliphatic heterocycles. The summed E-state index contributed by atoms with van der Waals surface area (Å²) in [7, 11) is 0. The van der Waals surface area contributed by atoms with Crippen LogP contribution in [0.15, 0.2) is 0 Å². The Kier molecular flexibility index (Phi) is 333. The van der Waals surface area contributed by atoms with Gasteiger partial charge in [-0.25, -0.2) is 0 Å². The second-order valence-corrected chi connectivity index (χ2v) is 0. The van der Waals surface area contributed by atoms with Gasteiger partial charge >= 0.3 is 25.8 Å². The second kappa shape index (κ2) is 25.5. The summed E-state index contributed by atoms with van der Waals surface area (Å²) < 4.78 is 0. The van der Waals surface area contributed by atoms with E-state index in [0.717, 1.165) is 0 Å². The van der Waals surface area contributed by atoms with Crippen molar-refractivity contribution in [3.05, 3.63) is 0 Å². The molecule has 4 heteroatoms. The fourth-order valence-corrected chi connectivity index (χ4v) is 0. The van der Waals surface area contributed by atoms with Gasteiger partial charge in [-0.3, -0.25) is 0 Å². The maximum absolute atomic E-state index is 0. The first-order valence-corrected chi connectivity index (χ1v) is 0. The van der Waals surface area contributed by atoms with Crippen molar-refractivity contribution in [2.24, 2.45) is 0 Å². The van der Waals surface area contributed by atoms with Crippen LogP contribution in [-0.4, -0.2) is 51.6 Å². The zero-order valence-electron chi connectivity index (χ0n) is 0.707. The van der Waals surface area contributed by atoms with Crippen molar-refractivity contribution in [3.8, 4) is 0 Å². The number of hydrogen-bond acceptors (Lipinski definition) is 1. The molecule has 0 saturated carbocycles. The van der Waals surface area contributed by atoms with Crippen molar-refractivity contribution in [1.82, 2.24) is 6.15 Å². The summed E-state index contributed by atoms with van der Waals surface area (Å²) in [5.74, 6) is 0. The van der Waals surface area contributed by atoms with Crippen LogP contribution in [0.25, 0.3) is 0 Å². The van der Waals surface area contributed by atoms with Gasteiger partial charge in [0.25, 0.3) is 0 Å². The third-order valence-electron chi connectivity index (χ3n) is 0. The number of hydrogen-bond donors (Lipinski definition) is 1. The summed E-state index contributed by atoms with van der Waals surface area (Å²) in [4.78, 5) is 0. The van der Waals surface area contributed by atoms with E-state index in [4.69, 9.17) is 0 Å². The van der Waals surface area contributed by atoms with E-state index in [1.54, 1.807) is 0 Å². The molecule has 0 fully saturated rings. The van der Waals surface area contributed by atoms with Crippen LogP contribution in [0, 0.1) is 0 Å². The van der Waals surface area contributed by atoms with Crippen LogP contribution in [0.2, 0.25) is 0 Å². The van der Waals surface area contributed by atoms with E-state index in [1.165, 1.54) is 0 Å². The fraction of sp³-hybridized carbons (Fsp3) is 0. The van der Waals surface area contributed by atoms with Gasteiger partial charge in [0.15, 0.2) is 17.4 Å². The Hall–Kier alpha value is 1.43. The van der Waals surface area contributed by atoms with Crippen molar-refractivity contribution in [1.29, 1.82) is 0 Å². The van der Waals surface area contributed by atoms with Crippen LogP contribution in [0.4, 0.5) is 0 Å². The Morgan fingerprint density at radius 3 is 1.00 bits per heavy atom. The van der Waals surface area contributed by atoms with Gasteiger partial charge in [-0.1, -0.05) is 0 Å². The van der Waals surface area contributed by atoms with Gasteiger partial charge < -0.3 is 6.15 Å². The van der Waals surface area contributed by atoms with E-state index in [0.29, 0.717) is 0 Å². The number of rotatable bonds is 0. The molecule has 0 rings (SSSR count). The minimum absolute atomic E-state index is 0. The molecule has 3 N–H and O–H groups in total. The molecule has 26 valence electrons. The minimum atomic E-state index is 0. The van der Waals surface area contributed by atoms with Gasteiger partial charge in [-0.15, -0.1) is 0 Å². The van der Waals surface area contributed by atoms with Crippen molar-refractivity contribution >= 4 is 51.6 Å². The average molecular weight is 179 g/mol. The topological polar surface area (TPSA) is 35.0 Å². The van der Waals surface area contributed by atoms with E-state index in [1.807, 2.05) is 0 Å².